The number of hydrogen-bond donors (Lipinski definition) is 1. The van der Waals surface area contributed by atoms with Gasteiger partial charge in [-0.05, 0) is 60.5 Å². The van der Waals surface area contributed by atoms with E-state index in [4.69, 9.17) is 9.47 Å². The molecule has 0 heterocycles. The molecule has 3 aromatic rings. The minimum atomic E-state index is -0.278. The molecule has 0 bridgehead atoms. The highest BCUT2D eigenvalue weighted by atomic mass is 79.9. The summed E-state index contributed by atoms with van der Waals surface area (Å²) in [6, 6.07) is 16.5. The van der Waals surface area contributed by atoms with Crippen molar-refractivity contribution >= 4 is 15.9 Å². The summed E-state index contributed by atoms with van der Waals surface area (Å²) in [6.45, 7) is 1.60. The van der Waals surface area contributed by atoms with E-state index in [1.807, 2.05) is 12.1 Å². The van der Waals surface area contributed by atoms with Gasteiger partial charge in [0.2, 0.25) is 0 Å². The van der Waals surface area contributed by atoms with Gasteiger partial charge in [0, 0.05) is 16.6 Å². The second-order valence-corrected chi connectivity index (χ2v) is 7.38. The average molecular weight is 462 g/mol. The van der Waals surface area contributed by atoms with Crippen LogP contribution in [0, 0.1) is 11.6 Å². The molecule has 0 spiro atoms. The van der Waals surface area contributed by atoms with Gasteiger partial charge >= 0.3 is 0 Å². The highest BCUT2D eigenvalue weighted by Crippen LogP contribution is 2.36. The Labute approximate surface area is 177 Å². The Hall–Kier alpha value is -2.44. The molecule has 0 aliphatic heterocycles. The van der Waals surface area contributed by atoms with E-state index in [-0.39, 0.29) is 11.6 Å². The first kappa shape index (κ1) is 21.3. The summed E-state index contributed by atoms with van der Waals surface area (Å²) < 4.78 is 38.5. The van der Waals surface area contributed by atoms with Crippen LogP contribution in [0.3, 0.4) is 0 Å². The van der Waals surface area contributed by atoms with Gasteiger partial charge in [-0.15, -0.1) is 0 Å². The van der Waals surface area contributed by atoms with E-state index in [0.717, 1.165) is 34.1 Å². The van der Waals surface area contributed by atoms with Crippen molar-refractivity contribution < 1.29 is 18.3 Å². The Morgan fingerprint density at radius 1 is 0.862 bits per heavy atom. The second kappa shape index (κ2) is 10.4. The molecule has 3 nitrogen and oxygen atoms in total. The van der Waals surface area contributed by atoms with Crippen molar-refractivity contribution in [2.24, 2.45) is 0 Å². The lowest BCUT2D eigenvalue weighted by Crippen LogP contribution is -2.18. The van der Waals surface area contributed by atoms with Crippen LogP contribution in [0.5, 0.6) is 11.5 Å². The first-order chi connectivity index (χ1) is 14.1. The molecule has 0 saturated carbocycles. The highest BCUT2D eigenvalue weighted by molar-refractivity contribution is 9.10. The van der Waals surface area contributed by atoms with E-state index in [2.05, 4.69) is 21.2 Å². The van der Waals surface area contributed by atoms with Crippen LogP contribution >= 0.6 is 15.9 Å². The minimum Gasteiger partial charge on any atom is -0.493 e. The number of benzene rings is 3. The van der Waals surface area contributed by atoms with Crippen molar-refractivity contribution in [1.29, 1.82) is 0 Å². The van der Waals surface area contributed by atoms with Crippen LogP contribution in [0.4, 0.5) is 8.78 Å². The van der Waals surface area contributed by atoms with Gasteiger partial charge in [0.25, 0.3) is 0 Å². The summed E-state index contributed by atoms with van der Waals surface area (Å²) in [7, 11) is 1.60. The average Bonchev–Trinajstić information content (AvgIpc) is 2.73. The van der Waals surface area contributed by atoms with Crippen molar-refractivity contribution in [2.45, 2.75) is 19.6 Å². The van der Waals surface area contributed by atoms with Crippen molar-refractivity contribution in [3.8, 4) is 11.5 Å². The fourth-order valence-corrected chi connectivity index (χ4v) is 3.35. The van der Waals surface area contributed by atoms with Gasteiger partial charge in [0.15, 0.2) is 11.5 Å². The lowest BCUT2D eigenvalue weighted by atomic mass is 10.1. The van der Waals surface area contributed by atoms with Crippen LogP contribution in [0.1, 0.15) is 16.7 Å². The van der Waals surface area contributed by atoms with E-state index in [1.54, 1.807) is 31.4 Å². The van der Waals surface area contributed by atoms with Crippen LogP contribution in [0.15, 0.2) is 65.1 Å². The SMILES string of the molecule is COc1ccc(Br)c(CNCCc2ccc(F)cc2)c1OCc1ccc(F)cc1. The van der Waals surface area contributed by atoms with E-state index in [1.165, 1.54) is 24.3 Å². The number of hydrogen-bond acceptors (Lipinski definition) is 3. The Morgan fingerprint density at radius 2 is 1.48 bits per heavy atom. The number of halogens is 3. The van der Waals surface area contributed by atoms with E-state index in [0.29, 0.717) is 24.7 Å². The van der Waals surface area contributed by atoms with Gasteiger partial charge in [0.05, 0.1) is 7.11 Å². The third kappa shape index (κ3) is 6.02. The molecule has 0 aliphatic rings. The molecule has 0 aromatic heterocycles. The molecule has 0 radical (unpaired) electrons. The molecule has 152 valence electrons. The number of methoxy groups -OCH3 is 1. The fraction of sp³-hybridized carbons (Fsp3) is 0.217. The molecule has 0 fully saturated rings. The van der Waals surface area contributed by atoms with Crippen LogP contribution in [0.25, 0.3) is 0 Å². The van der Waals surface area contributed by atoms with Gasteiger partial charge in [-0.2, -0.15) is 0 Å². The molecular weight excluding hydrogens is 440 g/mol. The summed E-state index contributed by atoms with van der Waals surface area (Å²) in [5, 5.41) is 3.39. The van der Waals surface area contributed by atoms with Crippen LogP contribution < -0.4 is 14.8 Å². The lowest BCUT2D eigenvalue weighted by Gasteiger charge is -2.17. The molecule has 29 heavy (non-hydrogen) atoms. The highest BCUT2D eigenvalue weighted by Gasteiger charge is 2.15. The molecule has 0 aliphatic carbocycles. The zero-order valence-corrected chi connectivity index (χ0v) is 17.6. The van der Waals surface area contributed by atoms with Gasteiger partial charge in [-0.25, -0.2) is 8.78 Å². The van der Waals surface area contributed by atoms with Gasteiger partial charge < -0.3 is 14.8 Å². The van der Waals surface area contributed by atoms with Crippen LogP contribution in [-0.2, 0) is 19.6 Å². The van der Waals surface area contributed by atoms with Crippen LogP contribution in [0.2, 0.25) is 0 Å². The van der Waals surface area contributed by atoms with Gasteiger partial charge in [0.1, 0.15) is 18.2 Å². The third-order valence-electron chi connectivity index (χ3n) is 4.49. The summed E-state index contributed by atoms with van der Waals surface area (Å²) >= 11 is 3.58. The Kier molecular flexibility index (Phi) is 7.61. The molecule has 0 unspecified atom stereocenters. The smallest absolute Gasteiger partial charge is 0.167 e. The topological polar surface area (TPSA) is 30.5 Å². The lowest BCUT2D eigenvalue weighted by molar-refractivity contribution is 0.280. The normalized spacial score (nSPS) is 10.8. The maximum Gasteiger partial charge on any atom is 0.167 e. The van der Waals surface area contributed by atoms with Crippen molar-refractivity contribution in [3.63, 3.8) is 0 Å². The van der Waals surface area contributed by atoms with E-state index >= 15 is 0 Å². The first-order valence-electron chi connectivity index (χ1n) is 9.24. The third-order valence-corrected chi connectivity index (χ3v) is 5.23. The fourth-order valence-electron chi connectivity index (χ4n) is 2.90. The largest absolute Gasteiger partial charge is 0.493 e. The van der Waals surface area contributed by atoms with Crippen molar-refractivity contribution in [3.05, 3.63) is 93.5 Å². The summed E-state index contributed by atoms with van der Waals surface area (Å²) in [6.07, 6.45) is 0.785. The van der Waals surface area contributed by atoms with E-state index < -0.39 is 0 Å². The molecule has 3 rings (SSSR count). The maximum atomic E-state index is 13.1. The number of ether oxygens (including phenoxy) is 2. The number of nitrogens with one attached hydrogen (secondary N) is 1. The zero-order valence-electron chi connectivity index (χ0n) is 16.1. The first-order valence-corrected chi connectivity index (χ1v) is 10.0. The van der Waals surface area contributed by atoms with E-state index in [9.17, 15) is 8.78 Å². The zero-order chi connectivity index (χ0) is 20.6. The summed E-state index contributed by atoms with van der Waals surface area (Å²) in [5.74, 6) is 0.760. The van der Waals surface area contributed by atoms with Crippen molar-refractivity contribution in [1.82, 2.24) is 5.32 Å². The summed E-state index contributed by atoms with van der Waals surface area (Å²) in [5.41, 5.74) is 2.87. The Bertz CT molecular complexity index is 931. The molecule has 0 saturated heterocycles. The quantitative estimate of drug-likeness (QED) is 0.417. The predicted octanol–water partition coefficient (Wildman–Crippen LogP) is 5.65. The molecule has 3 aromatic carbocycles. The Morgan fingerprint density at radius 3 is 2.10 bits per heavy atom. The molecule has 6 heteroatoms. The number of rotatable bonds is 9. The van der Waals surface area contributed by atoms with Crippen molar-refractivity contribution in [2.75, 3.05) is 13.7 Å². The molecule has 1 N–H and O–H groups in total. The molecule has 0 atom stereocenters. The predicted molar refractivity (Wildman–Crippen MR) is 113 cm³/mol. The Balaban J connectivity index is 1.66. The second-order valence-electron chi connectivity index (χ2n) is 6.53. The minimum absolute atomic E-state index is 0.232. The monoisotopic (exact) mass is 461 g/mol. The van der Waals surface area contributed by atoms with Crippen LogP contribution in [-0.4, -0.2) is 13.7 Å². The summed E-state index contributed by atoms with van der Waals surface area (Å²) in [4.78, 5) is 0. The van der Waals surface area contributed by atoms with Gasteiger partial charge in [-0.3, -0.25) is 0 Å². The maximum absolute atomic E-state index is 13.1. The van der Waals surface area contributed by atoms with Gasteiger partial charge in [-0.1, -0.05) is 40.2 Å². The standard InChI is InChI=1S/C23H22BrF2NO2/c1-28-22-11-10-21(24)20(14-27-13-12-16-2-6-18(25)7-3-16)23(22)29-15-17-4-8-19(26)9-5-17/h2-11,27H,12-15H2,1H3. The molecular formula is C23H22BrF2NO2. The molecule has 0 amide bonds.